The van der Waals surface area contributed by atoms with Crippen molar-refractivity contribution in [2.45, 2.75) is 76.2 Å². The van der Waals surface area contributed by atoms with Crippen molar-refractivity contribution in [3.8, 4) is 0 Å². The van der Waals surface area contributed by atoms with Crippen molar-refractivity contribution in [1.29, 1.82) is 0 Å². The number of aryl methyl sites for hydroxylation is 2. The highest BCUT2D eigenvalue weighted by Gasteiger charge is 2.24. The van der Waals surface area contributed by atoms with Crippen LogP contribution < -0.4 is 5.73 Å². The molecule has 0 aromatic heterocycles. The molecule has 0 radical (unpaired) electrons. The second-order valence-corrected chi connectivity index (χ2v) is 14.6. The number of benzene rings is 3. The summed E-state index contributed by atoms with van der Waals surface area (Å²) in [6, 6.07) is 15.9. The van der Waals surface area contributed by atoms with Gasteiger partial charge < -0.3 is 5.73 Å². The predicted molar refractivity (Wildman–Crippen MR) is 180 cm³/mol. The lowest BCUT2D eigenvalue weighted by atomic mass is 9.86. The fraction of sp³-hybridized carbons (Fsp3) is 0.400. The fourth-order valence-electron chi connectivity index (χ4n) is 3.44. The molecule has 0 saturated carbocycles. The van der Waals surface area contributed by atoms with E-state index >= 15 is 0 Å². The molecule has 0 aliphatic carbocycles. The number of nitrogens with two attached hydrogens (primary N) is 1. The summed E-state index contributed by atoms with van der Waals surface area (Å²) >= 11 is 17.7. The molecule has 0 atom stereocenters. The Morgan fingerprint density at radius 2 is 0.762 bits per heavy atom. The standard InChI is InChI=1S/2C12H15ClO.C11H14ClNO/c2*1-8-5-6-9(7-10(8)13)11(14)12(2,3)4;1-11(2,3)10(14)7-4-5-9(13)8(12)6-7/h2*5-7H,1-4H3;4-6H,13H2,1-3H3. The van der Waals surface area contributed by atoms with Crippen LogP contribution in [0.4, 0.5) is 5.69 Å². The first-order valence-corrected chi connectivity index (χ1v) is 14.8. The zero-order chi connectivity index (χ0) is 32.8. The molecule has 0 aliphatic rings. The van der Waals surface area contributed by atoms with Crippen LogP contribution >= 0.6 is 34.8 Å². The van der Waals surface area contributed by atoms with Crippen molar-refractivity contribution in [2.24, 2.45) is 16.2 Å². The maximum Gasteiger partial charge on any atom is 0.168 e. The number of ketones is 3. The van der Waals surface area contributed by atoms with Crippen molar-refractivity contribution in [3.05, 3.63) is 97.5 Å². The third-order valence-electron chi connectivity index (χ3n) is 6.17. The number of hydrogen-bond acceptors (Lipinski definition) is 4. The van der Waals surface area contributed by atoms with Crippen LogP contribution in [0.1, 0.15) is 105 Å². The van der Waals surface area contributed by atoms with Crippen molar-refractivity contribution >= 4 is 57.8 Å². The number of carbonyl (C=O) groups is 3. The minimum atomic E-state index is -0.389. The van der Waals surface area contributed by atoms with E-state index in [0.29, 0.717) is 37.4 Å². The van der Waals surface area contributed by atoms with Crippen LogP contribution in [0.5, 0.6) is 0 Å². The molecule has 3 aromatic carbocycles. The Kier molecular flexibility index (Phi) is 13.1. The average molecular weight is 633 g/mol. The highest BCUT2D eigenvalue weighted by atomic mass is 35.5. The summed E-state index contributed by atoms with van der Waals surface area (Å²) in [6.45, 7) is 20.9. The molecule has 2 N–H and O–H groups in total. The van der Waals surface area contributed by atoms with Crippen LogP contribution in [0, 0.1) is 30.1 Å². The molecule has 0 saturated heterocycles. The number of rotatable bonds is 3. The van der Waals surface area contributed by atoms with Gasteiger partial charge in [0.15, 0.2) is 17.3 Å². The lowest BCUT2D eigenvalue weighted by molar-refractivity contribution is 0.0852. The van der Waals surface area contributed by atoms with Crippen LogP contribution in [-0.4, -0.2) is 17.3 Å². The molecule has 0 fully saturated rings. The number of anilines is 1. The zero-order valence-corrected chi connectivity index (χ0v) is 28.9. The molecule has 4 nitrogen and oxygen atoms in total. The normalized spacial score (nSPS) is 11.5. The molecule has 3 aromatic rings. The van der Waals surface area contributed by atoms with E-state index in [-0.39, 0.29) is 33.6 Å². The van der Waals surface area contributed by atoms with E-state index in [1.807, 2.05) is 100 Å². The van der Waals surface area contributed by atoms with Crippen LogP contribution in [0.3, 0.4) is 0 Å². The van der Waals surface area contributed by atoms with Crippen molar-refractivity contribution in [3.63, 3.8) is 0 Å². The summed E-state index contributed by atoms with van der Waals surface area (Å²) in [4.78, 5) is 35.6. The Morgan fingerprint density at radius 1 is 0.500 bits per heavy atom. The molecular weight excluding hydrogens is 589 g/mol. The van der Waals surface area contributed by atoms with Gasteiger partial charge in [0.05, 0.1) is 10.7 Å². The molecule has 0 aliphatic heterocycles. The van der Waals surface area contributed by atoms with Gasteiger partial charge in [0.25, 0.3) is 0 Å². The first-order valence-electron chi connectivity index (χ1n) is 13.7. The highest BCUT2D eigenvalue weighted by Crippen LogP contribution is 2.27. The van der Waals surface area contributed by atoms with E-state index in [9.17, 15) is 14.4 Å². The third kappa shape index (κ3) is 11.2. The van der Waals surface area contributed by atoms with E-state index in [2.05, 4.69) is 0 Å². The fourth-order valence-corrected chi connectivity index (χ4v) is 3.98. The zero-order valence-electron chi connectivity index (χ0n) is 26.6. The third-order valence-corrected chi connectivity index (χ3v) is 7.32. The Hall–Kier alpha value is -2.66. The number of hydrogen-bond donors (Lipinski definition) is 1. The maximum absolute atomic E-state index is 11.9. The van der Waals surface area contributed by atoms with Gasteiger partial charge in [-0.1, -0.05) is 121 Å². The van der Waals surface area contributed by atoms with Gasteiger partial charge in [0.2, 0.25) is 0 Å². The van der Waals surface area contributed by atoms with Crippen molar-refractivity contribution < 1.29 is 14.4 Å². The summed E-state index contributed by atoms with van der Waals surface area (Å²) in [6.07, 6.45) is 0. The number of Topliss-reactive ketones (excluding diaryl/α,β-unsaturated/α-hetero) is 3. The summed E-state index contributed by atoms with van der Waals surface area (Å²) in [5.74, 6) is 0.318. The van der Waals surface area contributed by atoms with Gasteiger partial charge in [-0.05, 0) is 55.3 Å². The minimum Gasteiger partial charge on any atom is -0.398 e. The van der Waals surface area contributed by atoms with Gasteiger partial charge in [-0.2, -0.15) is 0 Å². The van der Waals surface area contributed by atoms with E-state index in [1.165, 1.54) is 0 Å². The predicted octanol–water partition coefficient (Wildman–Crippen LogP) is 10.9. The molecule has 3 rings (SSSR count). The van der Waals surface area contributed by atoms with Crippen LogP contribution in [-0.2, 0) is 0 Å². The molecule has 42 heavy (non-hydrogen) atoms. The monoisotopic (exact) mass is 631 g/mol. The van der Waals surface area contributed by atoms with Crippen molar-refractivity contribution in [2.75, 3.05) is 5.73 Å². The summed E-state index contributed by atoms with van der Waals surface area (Å²) in [5.41, 5.74) is 8.94. The van der Waals surface area contributed by atoms with Crippen LogP contribution in [0.2, 0.25) is 15.1 Å². The SMILES string of the molecule is CC(C)(C)C(=O)c1ccc(N)c(Cl)c1.Cc1ccc(C(=O)C(C)(C)C)cc1Cl.Cc1ccc(C(=O)C(C)(C)C)cc1Cl. The second kappa shape index (κ2) is 14.7. The van der Waals surface area contributed by atoms with Gasteiger partial charge in [-0.3, -0.25) is 14.4 Å². The first-order chi connectivity index (χ1) is 19.0. The van der Waals surface area contributed by atoms with E-state index in [4.69, 9.17) is 40.5 Å². The van der Waals surface area contributed by atoms with E-state index in [0.717, 1.165) is 11.1 Å². The summed E-state index contributed by atoms with van der Waals surface area (Å²) < 4.78 is 0. The molecule has 228 valence electrons. The van der Waals surface area contributed by atoms with E-state index in [1.54, 1.807) is 30.3 Å². The quantitative estimate of drug-likeness (QED) is 0.230. The van der Waals surface area contributed by atoms with E-state index < -0.39 is 0 Å². The molecule has 7 heteroatoms. The Balaban J connectivity index is 0.000000315. The van der Waals surface area contributed by atoms with Crippen LogP contribution in [0.25, 0.3) is 0 Å². The number of carbonyl (C=O) groups excluding carboxylic acids is 3. The molecule has 0 unspecified atom stereocenters. The minimum absolute atomic E-state index is 0.0689. The summed E-state index contributed by atoms with van der Waals surface area (Å²) in [5, 5.41) is 1.74. The van der Waals surface area contributed by atoms with Gasteiger partial charge in [-0.25, -0.2) is 0 Å². The lowest BCUT2D eigenvalue weighted by Gasteiger charge is -2.16. The number of nitrogen functional groups attached to an aromatic ring is 1. The largest absolute Gasteiger partial charge is 0.398 e. The Morgan fingerprint density at radius 3 is 1.00 bits per heavy atom. The van der Waals surface area contributed by atoms with Gasteiger partial charge in [0.1, 0.15) is 0 Å². The first kappa shape index (κ1) is 37.4. The molecule has 0 heterocycles. The highest BCUT2D eigenvalue weighted by molar-refractivity contribution is 6.33. The van der Waals surface area contributed by atoms with Gasteiger partial charge in [0, 0.05) is 43.0 Å². The second-order valence-electron chi connectivity index (χ2n) is 13.4. The molecular formula is C35H44Cl3NO3. The van der Waals surface area contributed by atoms with Crippen LogP contribution in [0.15, 0.2) is 54.6 Å². The molecule has 0 spiro atoms. The van der Waals surface area contributed by atoms with Crippen molar-refractivity contribution in [1.82, 2.24) is 0 Å². The Labute approximate surface area is 266 Å². The number of halogens is 3. The molecule has 0 bridgehead atoms. The van der Waals surface area contributed by atoms with Gasteiger partial charge in [-0.15, -0.1) is 0 Å². The average Bonchev–Trinajstić information content (AvgIpc) is 2.87. The van der Waals surface area contributed by atoms with Gasteiger partial charge >= 0.3 is 0 Å². The maximum atomic E-state index is 11.9. The topological polar surface area (TPSA) is 77.2 Å². The summed E-state index contributed by atoms with van der Waals surface area (Å²) in [7, 11) is 0. The lowest BCUT2D eigenvalue weighted by Crippen LogP contribution is -2.20. The molecule has 0 amide bonds. The Bertz CT molecular complexity index is 1260. The smallest absolute Gasteiger partial charge is 0.168 e.